The number of allylic oxidation sites excluding steroid dienone is 2. The first-order valence-electron chi connectivity index (χ1n) is 6.10. The molecule has 0 heterocycles. The summed E-state index contributed by atoms with van der Waals surface area (Å²) in [4.78, 5) is 4.79. The van der Waals surface area contributed by atoms with Crippen LogP contribution in [0.4, 0.5) is 0 Å². The molecule has 0 aliphatic carbocycles. The first kappa shape index (κ1) is 14.3. The lowest BCUT2D eigenvalue weighted by Gasteiger charge is -2.11. The normalized spacial score (nSPS) is 12.4. The lowest BCUT2D eigenvalue weighted by molar-refractivity contribution is 0.126. The molecule has 0 aliphatic rings. The van der Waals surface area contributed by atoms with Gasteiger partial charge in [0, 0.05) is 11.8 Å². The summed E-state index contributed by atoms with van der Waals surface area (Å²) in [5, 5.41) is 0. The Bertz CT molecular complexity index is 396. The lowest BCUT2D eigenvalue weighted by Crippen LogP contribution is -2.04. The van der Waals surface area contributed by atoms with Gasteiger partial charge in [0.1, 0.15) is 12.4 Å². The molecule has 0 radical (unpaired) electrons. The average Bonchev–Trinajstić information content (AvgIpc) is 2.42. The molecule has 1 aromatic rings. The smallest absolute Gasteiger partial charge is 0.120 e. The fourth-order valence-electron chi connectivity index (χ4n) is 1.47. The lowest BCUT2D eigenvalue weighted by atomic mass is 10.2. The second-order valence-corrected chi connectivity index (χ2v) is 3.90. The van der Waals surface area contributed by atoms with Crippen LogP contribution >= 0.6 is 0 Å². The molecule has 0 aliphatic heterocycles. The van der Waals surface area contributed by atoms with Gasteiger partial charge < -0.3 is 4.74 Å². The van der Waals surface area contributed by atoms with Gasteiger partial charge >= 0.3 is 0 Å². The monoisotopic (exact) mass is 247 g/mol. The van der Waals surface area contributed by atoms with E-state index in [2.05, 4.69) is 30.6 Å². The highest BCUT2D eigenvalue weighted by atomic mass is 16.6. The molecule has 3 heteroatoms. The quantitative estimate of drug-likeness (QED) is 0.454. The highest BCUT2D eigenvalue weighted by Crippen LogP contribution is 2.14. The van der Waals surface area contributed by atoms with E-state index in [1.807, 2.05) is 25.1 Å². The first-order chi connectivity index (χ1) is 8.77. The van der Waals surface area contributed by atoms with E-state index in [4.69, 9.17) is 9.57 Å². The Morgan fingerprint density at radius 1 is 1.28 bits per heavy atom. The number of ether oxygens (including phenoxy) is 1. The Hall–Kier alpha value is -1.74. The Labute approximate surface area is 109 Å². The summed E-state index contributed by atoms with van der Waals surface area (Å²) in [6.45, 7) is 4.65. The number of hydrogen-bond donors (Lipinski definition) is 1. The summed E-state index contributed by atoms with van der Waals surface area (Å²) in [5.41, 5.74) is 4.87. The predicted molar refractivity (Wildman–Crippen MR) is 73.5 cm³/mol. The van der Waals surface area contributed by atoms with Crippen LogP contribution in [-0.2, 0) is 16.2 Å². The zero-order valence-electron chi connectivity index (χ0n) is 11.3. The number of rotatable bonds is 7. The maximum atomic E-state index is 5.82. The molecular weight excluding hydrogens is 226 g/mol. The Morgan fingerprint density at radius 2 is 2.00 bits per heavy atom. The number of hydroxylamine groups is 1. The number of benzene rings is 1. The Balaban J connectivity index is 2.62. The molecule has 1 N–H and O–H groups in total. The van der Waals surface area contributed by atoms with Crippen molar-refractivity contribution < 1.29 is 9.57 Å². The van der Waals surface area contributed by atoms with Gasteiger partial charge in [0.25, 0.3) is 0 Å². The van der Waals surface area contributed by atoms with Gasteiger partial charge in [0.15, 0.2) is 0 Å². The number of nitrogens with one attached hydrogen (secondary N) is 1. The van der Waals surface area contributed by atoms with Crippen LogP contribution in [0.15, 0.2) is 53.9 Å². The van der Waals surface area contributed by atoms with E-state index in [0.29, 0.717) is 6.61 Å². The van der Waals surface area contributed by atoms with Crippen LogP contribution in [0.25, 0.3) is 0 Å². The van der Waals surface area contributed by atoms with E-state index in [0.717, 1.165) is 23.3 Å². The molecule has 0 fully saturated rings. The molecule has 18 heavy (non-hydrogen) atoms. The predicted octanol–water partition coefficient (Wildman–Crippen LogP) is 3.55. The SMILES string of the molecule is CC/C=C(OCc1ccccc1)\C(C)=C/NOC. The van der Waals surface area contributed by atoms with Crippen LogP contribution in [0.5, 0.6) is 0 Å². The summed E-state index contributed by atoms with van der Waals surface area (Å²) < 4.78 is 5.82. The van der Waals surface area contributed by atoms with Crippen molar-refractivity contribution in [1.29, 1.82) is 0 Å². The maximum absolute atomic E-state index is 5.82. The van der Waals surface area contributed by atoms with Crippen molar-refractivity contribution in [3.05, 3.63) is 59.5 Å². The highest BCUT2D eigenvalue weighted by Gasteiger charge is 2.01. The molecule has 0 saturated carbocycles. The van der Waals surface area contributed by atoms with Crippen molar-refractivity contribution in [1.82, 2.24) is 5.48 Å². The fourth-order valence-corrected chi connectivity index (χ4v) is 1.47. The first-order valence-corrected chi connectivity index (χ1v) is 6.10. The van der Waals surface area contributed by atoms with E-state index in [1.165, 1.54) is 0 Å². The van der Waals surface area contributed by atoms with Crippen LogP contribution in [-0.4, -0.2) is 7.11 Å². The van der Waals surface area contributed by atoms with Crippen LogP contribution < -0.4 is 5.48 Å². The van der Waals surface area contributed by atoms with Crippen molar-refractivity contribution in [2.45, 2.75) is 26.9 Å². The van der Waals surface area contributed by atoms with Gasteiger partial charge in [0.2, 0.25) is 0 Å². The molecule has 0 amide bonds. The van der Waals surface area contributed by atoms with E-state index in [-0.39, 0.29) is 0 Å². The molecule has 0 aromatic heterocycles. The maximum Gasteiger partial charge on any atom is 0.120 e. The summed E-state index contributed by atoms with van der Waals surface area (Å²) in [7, 11) is 1.58. The van der Waals surface area contributed by atoms with Gasteiger partial charge in [-0.2, -0.15) is 0 Å². The van der Waals surface area contributed by atoms with Gasteiger partial charge in [-0.1, -0.05) is 37.3 Å². The molecule has 1 aromatic carbocycles. The van der Waals surface area contributed by atoms with E-state index in [9.17, 15) is 0 Å². The van der Waals surface area contributed by atoms with Crippen molar-refractivity contribution in [2.24, 2.45) is 0 Å². The number of hydrogen-bond acceptors (Lipinski definition) is 3. The van der Waals surface area contributed by atoms with Crippen LogP contribution in [0.1, 0.15) is 25.8 Å². The topological polar surface area (TPSA) is 30.5 Å². The van der Waals surface area contributed by atoms with Crippen molar-refractivity contribution in [2.75, 3.05) is 7.11 Å². The van der Waals surface area contributed by atoms with Crippen molar-refractivity contribution in [3.8, 4) is 0 Å². The molecule has 0 bridgehead atoms. The molecule has 0 saturated heterocycles. The minimum absolute atomic E-state index is 0.574. The molecule has 98 valence electrons. The minimum atomic E-state index is 0.574. The summed E-state index contributed by atoms with van der Waals surface area (Å²) in [6.07, 6.45) is 4.78. The molecule has 0 atom stereocenters. The standard InChI is InChI=1S/C15H21NO2/c1-4-8-15(13(2)11-16-17-3)18-12-14-9-6-5-7-10-14/h5-11,16H,4,12H2,1-3H3/b13-11-,15-8+. The molecule has 0 unspecified atom stereocenters. The molecule has 3 nitrogen and oxygen atoms in total. The van der Waals surface area contributed by atoms with Crippen molar-refractivity contribution in [3.63, 3.8) is 0 Å². The Kier molecular flexibility index (Phi) is 6.66. The zero-order chi connectivity index (χ0) is 13.2. The third kappa shape index (κ3) is 5.06. The summed E-state index contributed by atoms with van der Waals surface area (Å²) in [5.74, 6) is 0.880. The fraction of sp³-hybridized carbons (Fsp3) is 0.333. The van der Waals surface area contributed by atoms with E-state index >= 15 is 0 Å². The largest absolute Gasteiger partial charge is 0.489 e. The third-order valence-electron chi connectivity index (χ3n) is 2.41. The highest BCUT2D eigenvalue weighted by molar-refractivity contribution is 5.23. The van der Waals surface area contributed by atoms with E-state index < -0.39 is 0 Å². The van der Waals surface area contributed by atoms with Gasteiger partial charge in [-0.05, 0) is 25.0 Å². The van der Waals surface area contributed by atoms with Crippen LogP contribution in [0.2, 0.25) is 0 Å². The minimum Gasteiger partial charge on any atom is -0.489 e. The molecule has 0 spiro atoms. The third-order valence-corrected chi connectivity index (χ3v) is 2.41. The second-order valence-electron chi connectivity index (χ2n) is 3.90. The second kappa shape index (κ2) is 8.37. The average molecular weight is 247 g/mol. The summed E-state index contributed by atoms with van der Waals surface area (Å²) >= 11 is 0. The molecular formula is C15H21NO2. The van der Waals surface area contributed by atoms with Gasteiger partial charge in [-0.25, -0.2) is 0 Å². The van der Waals surface area contributed by atoms with Crippen molar-refractivity contribution >= 4 is 0 Å². The van der Waals surface area contributed by atoms with E-state index in [1.54, 1.807) is 13.3 Å². The molecule has 1 rings (SSSR count). The zero-order valence-corrected chi connectivity index (χ0v) is 11.3. The summed E-state index contributed by atoms with van der Waals surface area (Å²) in [6, 6.07) is 10.1. The Morgan fingerprint density at radius 3 is 2.61 bits per heavy atom. The van der Waals surface area contributed by atoms with Gasteiger partial charge in [0.05, 0.1) is 7.11 Å². The van der Waals surface area contributed by atoms with Gasteiger partial charge in [-0.15, -0.1) is 0 Å². The van der Waals surface area contributed by atoms with Crippen LogP contribution in [0, 0.1) is 0 Å². The van der Waals surface area contributed by atoms with Crippen LogP contribution in [0.3, 0.4) is 0 Å². The van der Waals surface area contributed by atoms with Gasteiger partial charge in [-0.3, -0.25) is 10.3 Å².